The van der Waals surface area contributed by atoms with Crippen LogP contribution in [-0.4, -0.2) is 32.1 Å². The number of anilines is 2. The summed E-state index contributed by atoms with van der Waals surface area (Å²) < 4.78 is 31.0. The van der Waals surface area contributed by atoms with E-state index >= 15 is 0 Å². The van der Waals surface area contributed by atoms with Gasteiger partial charge in [-0.15, -0.1) is 0 Å². The van der Waals surface area contributed by atoms with Crippen LogP contribution in [0.25, 0.3) is 0 Å². The number of sulfone groups is 1. The fraction of sp³-hybridized carbons (Fsp3) is 0.300. The number of amides is 2. The van der Waals surface area contributed by atoms with Gasteiger partial charge in [-0.05, 0) is 62.2 Å². The van der Waals surface area contributed by atoms with Crippen LogP contribution in [0.4, 0.5) is 11.4 Å². The molecule has 3 rings (SSSR count). The monoisotopic (exact) mass is 402 g/mol. The van der Waals surface area contributed by atoms with Gasteiger partial charge in [-0.2, -0.15) is 0 Å². The minimum atomic E-state index is -3.76. The molecule has 0 aromatic heterocycles. The van der Waals surface area contributed by atoms with Crippen molar-refractivity contribution in [2.45, 2.75) is 37.3 Å². The fourth-order valence-corrected chi connectivity index (χ4v) is 4.48. The number of hydrogen-bond acceptors (Lipinski definition) is 5. The van der Waals surface area contributed by atoms with Crippen LogP contribution in [0.5, 0.6) is 5.75 Å². The zero-order valence-corrected chi connectivity index (χ0v) is 16.7. The van der Waals surface area contributed by atoms with E-state index in [-0.39, 0.29) is 29.7 Å². The highest BCUT2D eigenvalue weighted by molar-refractivity contribution is 7.92. The summed E-state index contributed by atoms with van der Waals surface area (Å²) in [6, 6.07) is 9.93. The largest absolute Gasteiger partial charge is 0.482 e. The molecule has 2 amide bonds. The Morgan fingerprint density at radius 2 is 1.86 bits per heavy atom. The van der Waals surface area contributed by atoms with Gasteiger partial charge in [-0.3, -0.25) is 9.59 Å². The summed E-state index contributed by atoms with van der Waals surface area (Å²) in [7, 11) is -3.76. The molecule has 1 aliphatic rings. The fourth-order valence-electron chi connectivity index (χ4n) is 3.10. The molecule has 1 aliphatic heterocycles. The molecule has 0 saturated heterocycles. The summed E-state index contributed by atoms with van der Waals surface area (Å²) >= 11 is 0. The SMILES string of the molecule is Cc1cc(C)cc(NC(=O)C[C@H](C)S(=O)(=O)c2ccc3c(c2)NC(=O)CO3)c1. The second kappa shape index (κ2) is 7.63. The van der Waals surface area contributed by atoms with Crippen molar-refractivity contribution in [1.82, 2.24) is 0 Å². The molecule has 2 aromatic rings. The Hall–Kier alpha value is -2.87. The molecular formula is C20H22N2O5S. The first-order valence-electron chi connectivity index (χ1n) is 8.84. The zero-order valence-electron chi connectivity index (χ0n) is 15.9. The lowest BCUT2D eigenvalue weighted by atomic mass is 10.1. The second-order valence-corrected chi connectivity index (χ2v) is 9.35. The van der Waals surface area contributed by atoms with Crippen LogP contribution < -0.4 is 15.4 Å². The van der Waals surface area contributed by atoms with E-state index in [1.807, 2.05) is 32.0 Å². The predicted molar refractivity (Wildman–Crippen MR) is 106 cm³/mol. The summed E-state index contributed by atoms with van der Waals surface area (Å²) in [6.45, 7) is 5.24. The molecule has 0 aliphatic carbocycles. The summed E-state index contributed by atoms with van der Waals surface area (Å²) in [5.41, 5.74) is 2.97. The van der Waals surface area contributed by atoms with Gasteiger partial charge in [0.25, 0.3) is 5.91 Å². The molecule has 0 bridgehead atoms. The third-order valence-electron chi connectivity index (χ3n) is 4.42. The molecule has 0 radical (unpaired) electrons. The lowest BCUT2D eigenvalue weighted by Gasteiger charge is -2.19. The van der Waals surface area contributed by atoms with Crippen molar-refractivity contribution in [3.05, 3.63) is 47.5 Å². The van der Waals surface area contributed by atoms with Crippen LogP contribution in [0.3, 0.4) is 0 Å². The van der Waals surface area contributed by atoms with Crippen molar-refractivity contribution in [3.63, 3.8) is 0 Å². The molecule has 2 aromatic carbocycles. The smallest absolute Gasteiger partial charge is 0.262 e. The van der Waals surface area contributed by atoms with Crippen molar-refractivity contribution >= 4 is 33.0 Å². The number of ether oxygens (including phenoxy) is 1. The summed E-state index contributed by atoms with van der Waals surface area (Å²) in [5, 5.41) is 4.41. The summed E-state index contributed by atoms with van der Waals surface area (Å²) in [5.74, 6) is -0.308. The standard InChI is InChI=1S/C20H22N2O5S/c1-12-6-13(2)8-15(7-12)21-19(23)9-14(3)28(25,26)16-4-5-18-17(10-16)22-20(24)11-27-18/h4-8,10,14H,9,11H2,1-3H3,(H,21,23)(H,22,24)/t14-/m0/s1. The van der Waals surface area contributed by atoms with Crippen molar-refractivity contribution < 1.29 is 22.7 Å². The molecule has 8 heteroatoms. The average Bonchev–Trinajstić information content (AvgIpc) is 2.59. The second-order valence-electron chi connectivity index (χ2n) is 6.98. The average molecular weight is 402 g/mol. The first kappa shape index (κ1) is 19.9. The van der Waals surface area contributed by atoms with Gasteiger partial charge in [0, 0.05) is 12.1 Å². The first-order chi connectivity index (χ1) is 13.1. The Morgan fingerprint density at radius 1 is 1.18 bits per heavy atom. The van der Waals surface area contributed by atoms with Crippen molar-refractivity contribution in [1.29, 1.82) is 0 Å². The van der Waals surface area contributed by atoms with Gasteiger partial charge in [-0.25, -0.2) is 8.42 Å². The normalized spacial score (nSPS) is 14.5. The topological polar surface area (TPSA) is 102 Å². The number of fused-ring (bicyclic) bond motifs is 1. The van der Waals surface area contributed by atoms with Crippen LogP contribution in [-0.2, 0) is 19.4 Å². The third-order valence-corrected chi connectivity index (χ3v) is 6.56. The number of aryl methyl sites for hydroxylation is 2. The molecule has 7 nitrogen and oxygen atoms in total. The van der Waals surface area contributed by atoms with Gasteiger partial charge in [0.1, 0.15) is 5.75 Å². The minimum absolute atomic E-state index is 0.0313. The van der Waals surface area contributed by atoms with E-state index in [9.17, 15) is 18.0 Å². The summed E-state index contributed by atoms with van der Waals surface area (Å²) in [4.78, 5) is 23.8. The van der Waals surface area contributed by atoms with E-state index in [0.717, 1.165) is 11.1 Å². The molecule has 148 valence electrons. The van der Waals surface area contributed by atoms with E-state index in [1.165, 1.54) is 25.1 Å². The Morgan fingerprint density at radius 3 is 2.54 bits per heavy atom. The molecular weight excluding hydrogens is 380 g/mol. The Balaban J connectivity index is 1.74. The Labute approximate surface area is 164 Å². The molecule has 0 spiro atoms. The maximum atomic E-state index is 12.9. The molecule has 0 fully saturated rings. The highest BCUT2D eigenvalue weighted by Gasteiger charge is 2.28. The maximum Gasteiger partial charge on any atom is 0.262 e. The van der Waals surface area contributed by atoms with Gasteiger partial charge in [0.2, 0.25) is 5.91 Å². The van der Waals surface area contributed by atoms with Gasteiger partial charge in [0.05, 0.1) is 15.8 Å². The zero-order chi connectivity index (χ0) is 20.5. The van der Waals surface area contributed by atoms with E-state index in [1.54, 1.807) is 0 Å². The lowest BCUT2D eigenvalue weighted by Crippen LogP contribution is -2.27. The highest BCUT2D eigenvalue weighted by atomic mass is 32.2. The first-order valence-corrected chi connectivity index (χ1v) is 10.4. The molecule has 1 heterocycles. The predicted octanol–water partition coefficient (Wildman–Crippen LogP) is 2.83. The Kier molecular flexibility index (Phi) is 5.42. The van der Waals surface area contributed by atoms with Crippen molar-refractivity contribution in [2.24, 2.45) is 0 Å². The number of hydrogen-bond donors (Lipinski definition) is 2. The number of benzene rings is 2. The molecule has 0 unspecified atom stereocenters. The highest BCUT2D eigenvalue weighted by Crippen LogP contribution is 2.31. The van der Waals surface area contributed by atoms with Crippen LogP contribution >= 0.6 is 0 Å². The number of nitrogens with one attached hydrogen (secondary N) is 2. The maximum absolute atomic E-state index is 12.9. The van der Waals surface area contributed by atoms with E-state index in [0.29, 0.717) is 17.1 Å². The minimum Gasteiger partial charge on any atom is -0.482 e. The van der Waals surface area contributed by atoms with Crippen LogP contribution in [0.1, 0.15) is 24.5 Å². The van der Waals surface area contributed by atoms with Gasteiger partial charge >= 0.3 is 0 Å². The lowest BCUT2D eigenvalue weighted by molar-refractivity contribution is -0.118. The third kappa shape index (κ3) is 4.33. The number of carbonyl (C=O) groups excluding carboxylic acids is 2. The van der Waals surface area contributed by atoms with Crippen molar-refractivity contribution in [2.75, 3.05) is 17.2 Å². The van der Waals surface area contributed by atoms with E-state index in [2.05, 4.69) is 10.6 Å². The molecule has 28 heavy (non-hydrogen) atoms. The van der Waals surface area contributed by atoms with E-state index in [4.69, 9.17) is 4.74 Å². The number of rotatable bonds is 5. The number of carbonyl (C=O) groups is 2. The van der Waals surface area contributed by atoms with Crippen LogP contribution in [0.2, 0.25) is 0 Å². The van der Waals surface area contributed by atoms with Crippen molar-refractivity contribution in [3.8, 4) is 5.75 Å². The van der Waals surface area contributed by atoms with Gasteiger partial charge in [-0.1, -0.05) is 6.07 Å². The molecule has 2 N–H and O–H groups in total. The summed E-state index contributed by atoms with van der Waals surface area (Å²) in [6.07, 6.45) is -0.185. The van der Waals surface area contributed by atoms with Crippen LogP contribution in [0, 0.1) is 13.8 Å². The quantitative estimate of drug-likeness (QED) is 0.801. The van der Waals surface area contributed by atoms with Gasteiger partial charge < -0.3 is 15.4 Å². The van der Waals surface area contributed by atoms with Gasteiger partial charge in [0.15, 0.2) is 16.4 Å². The van der Waals surface area contributed by atoms with Crippen LogP contribution in [0.15, 0.2) is 41.3 Å². The van der Waals surface area contributed by atoms with E-state index < -0.39 is 15.1 Å². The molecule has 1 atom stereocenters. The Bertz CT molecular complexity index is 1030. The molecule has 0 saturated carbocycles.